The summed E-state index contributed by atoms with van der Waals surface area (Å²) in [5, 5.41) is 8.22. The van der Waals surface area contributed by atoms with Crippen LogP contribution < -0.4 is 0 Å². The van der Waals surface area contributed by atoms with E-state index in [1.807, 2.05) is 37.3 Å². The molecule has 3 aromatic rings. The zero-order chi connectivity index (χ0) is 18.4. The number of unbranched alkanes of at least 4 members (excludes halogenated alkanes) is 1. The van der Waals surface area contributed by atoms with E-state index in [1.165, 1.54) is 10.7 Å². The Labute approximate surface area is 151 Å². The summed E-state index contributed by atoms with van der Waals surface area (Å²) in [5.74, 6) is -0.775. The smallest absolute Gasteiger partial charge is 0.327 e. The molecule has 1 heterocycles. The van der Waals surface area contributed by atoms with E-state index in [0.717, 1.165) is 18.4 Å². The molecular weight excluding hydrogens is 333 g/mol. The molecule has 6 heteroatoms. The minimum Gasteiger partial charge on any atom is -0.464 e. The van der Waals surface area contributed by atoms with Gasteiger partial charge in [0.2, 0.25) is 0 Å². The summed E-state index contributed by atoms with van der Waals surface area (Å²) in [4.78, 5) is 12.1. The number of rotatable bonds is 7. The van der Waals surface area contributed by atoms with Crippen LogP contribution in [0.2, 0.25) is 0 Å². The monoisotopic (exact) mass is 353 g/mol. The number of carbonyl (C=O) groups excluding carboxylic acids is 1. The number of nitrogens with zero attached hydrogens (tertiary/aromatic N) is 3. The van der Waals surface area contributed by atoms with Crippen LogP contribution in [0.5, 0.6) is 0 Å². The second kappa shape index (κ2) is 8.38. The van der Waals surface area contributed by atoms with Crippen molar-refractivity contribution >= 4 is 5.97 Å². The highest BCUT2D eigenvalue weighted by molar-refractivity contribution is 5.79. The molecule has 0 aliphatic carbocycles. The van der Waals surface area contributed by atoms with Crippen LogP contribution in [0.1, 0.15) is 19.8 Å². The van der Waals surface area contributed by atoms with E-state index >= 15 is 0 Å². The van der Waals surface area contributed by atoms with Gasteiger partial charge < -0.3 is 4.74 Å². The number of halogens is 1. The highest BCUT2D eigenvalue weighted by Crippen LogP contribution is 2.31. The quantitative estimate of drug-likeness (QED) is 0.474. The number of carbonyl (C=O) groups is 1. The van der Waals surface area contributed by atoms with E-state index in [2.05, 4.69) is 10.3 Å². The molecular formula is C20H20FN3O2. The summed E-state index contributed by atoms with van der Waals surface area (Å²) in [5.41, 5.74) is 2.13. The Balaban J connectivity index is 1.98. The third-order valence-electron chi connectivity index (χ3n) is 3.95. The first kappa shape index (κ1) is 17.8. The van der Waals surface area contributed by atoms with E-state index < -0.39 is 0 Å². The van der Waals surface area contributed by atoms with Gasteiger partial charge in [-0.05, 0) is 18.6 Å². The van der Waals surface area contributed by atoms with Crippen molar-refractivity contribution in [3.8, 4) is 22.5 Å². The molecule has 0 aliphatic heterocycles. The second-order valence-corrected chi connectivity index (χ2v) is 5.86. The topological polar surface area (TPSA) is 57.0 Å². The normalized spacial score (nSPS) is 10.7. The van der Waals surface area contributed by atoms with Crippen molar-refractivity contribution in [1.29, 1.82) is 0 Å². The van der Waals surface area contributed by atoms with Gasteiger partial charge in [-0.1, -0.05) is 61.0 Å². The van der Waals surface area contributed by atoms with Gasteiger partial charge in [0.05, 0.1) is 12.3 Å². The molecule has 5 nitrogen and oxygen atoms in total. The van der Waals surface area contributed by atoms with Crippen molar-refractivity contribution in [3.05, 3.63) is 60.4 Å². The first-order chi connectivity index (χ1) is 12.7. The Morgan fingerprint density at radius 2 is 1.85 bits per heavy atom. The molecule has 26 heavy (non-hydrogen) atoms. The molecule has 0 N–H and O–H groups in total. The van der Waals surface area contributed by atoms with Crippen molar-refractivity contribution < 1.29 is 13.9 Å². The predicted molar refractivity (Wildman–Crippen MR) is 96.7 cm³/mol. The lowest BCUT2D eigenvalue weighted by molar-refractivity contribution is -0.144. The van der Waals surface area contributed by atoms with Crippen LogP contribution in [0.3, 0.4) is 0 Å². The zero-order valence-corrected chi connectivity index (χ0v) is 14.6. The van der Waals surface area contributed by atoms with Crippen LogP contribution in [-0.4, -0.2) is 27.6 Å². The van der Waals surface area contributed by atoms with Gasteiger partial charge in [0, 0.05) is 11.1 Å². The number of hydrogen-bond acceptors (Lipinski definition) is 4. The molecule has 0 fully saturated rings. The SMILES string of the molecule is CCCCOC(=O)Cn1nnc(-c2ccccc2F)c1-c1ccccc1. The first-order valence-electron chi connectivity index (χ1n) is 8.60. The Kier molecular flexibility index (Phi) is 5.73. The van der Waals surface area contributed by atoms with Crippen molar-refractivity contribution in [1.82, 2.24) is 15.0 Å². The number of esters is 1. The van der Waals surface area contributed by atoms with Gasteiger partial charge in [-0.2, -0.15) is 0 Å². The summed E-state index contributed by atoms with van der Waals surface area (Å²) in [6, 6.07) is 15.8. The van der Waals surface area contributed by atoms with E-state index in [0.29, 0.717) is 23.6 Å². The molecule has 0 atom stereocenters. The Bertz CT molecular complexity index is 878. The molecule has 0 saturated heterocycles. The fraction of sp³-hybridized carbons (Fsp3) is 0.250. The summed E-state index contributed by atoms with van der Waals surface area (Å²) in [6.07, 6.45) is 1.76. The number of hydrogen-bond donors (Lipinski definition) is 0. The molecule has 0 amide bonds. The lowest BCUT2D eigenvalue weighted by Gasteiger charge is -2.09. The molecule has 2 aromatic carbocycles. The van der Waals surface area contributed by atoms with Gasteiger partial charge >= 0.3 is 5.97 Å². The van der Waals surface area contributed by atoms with Crippen LogP contribution in [0.15, 0.2) is 54.6 Å². The standard InChI is InChI=1S/C20H20FN3O2/c1-2-3-13-26-18(25)14-24-20(15-9-5-4-6-10-15)19(22-23-24)16-11-7-8-12-17(16)21/h4-12H,2-3,13-14H2,1H3. The van der Waals surface area contributed by atoms with E-state index in [-0.39, 0.29) is 18.3 Å². The third kappa shape index (κ3) is 3.96. The van der Waals surface area contributed by atoms with Crippen LogP contribution in [0.4, 0.5) is 4.39 Å². The number of ether oxygens (including phenoxy) is 1. The lowest BCUT2D eigenvalue weighted by atomic mass is 10.0. The van der Waals surface area contributed by atoms with Gasteiger partial charge in [0.15, 0.2) is 0 Å². The Morgan fingerprint density at radius 1 is 1.12 bits per heavy atom. The van der Waals surface area contributed by atoms with E-state index in [4.69, 9.17) is 4.74 Å². The van der Waals surface area contributed by atoms with Gasteiger partial charge in [-0.25, -0.2) is 9.07 Å². The third-order valence-corrected chi connectivity index (χ3v) is 3.95. The summed E-state index contributed by atoms with van der Waals surface area (Å²) < 4.78 is 21.0. The van der Waals surface area contributed by atoms with Crippen molar-refractivity contribution in [2.24, 2.45) is 0 Å². The summed E-state index contributed by atoms with van der Waals surface area (Å²) in [6.45, 7) is 2.33. The van der Waals surface area contributed by atoms with Gasteiger partial charge in [-0.15, -0.1) is 5.10 Å². The van der Waals surface area contributed by atoms with Crippen LogP contribution in [0, 0.1) is 5.82 Å². The number of aromatic nitrogens is 3. The maximum absolute atomic E-state index is 14.3. The first-order valence-corrected chi connectivity index (χ1v) is 8.60. The molecule has 134 valence electrons. The van der Waals surface area contributed by atoms with Crippen LogP contribution in [0.25, 0.3) is 22.5 Å². The van der Waals surface area contributed by atoms with Crippen molar-refractivity contribution in [2.75, 3.05) is 6.61 Å². The molecule has 0 saturated carbocycles. The fourth-order valence-corrected chi connectivity index (χ4v) is 2.64. The molecule has 0 radical (unpaired) electrons. The van der Waals surface area contributed by atoms with Gasteiger partial charge in [-0.3, -0.25) is 4.79 Å². The molecule has 3 rings (SSSR count). The minimum atomic E-state index is -0.388. The fourth-order valence-electron chi connectivity index (χ4n) is 2.64. The van der Waals surface area contributed by atoms with Gasteiger partial charge in [0.25, 0.3) is 0 Å². The van der Waals surface area contributed by atoms with E-state index in [9.17, 15) is 9.18 Å². The van der Waals surface area contributed by atoms with E-state index in [1.54, 1.807) is 18.2 Å². The predicted octanol–water partition coefficient (Wildman–Crippen LogP) is 4.09. The maximum Gasteiger partial charge on any atom is 0.327 e. The maximum atomic E-state index is 14.3. The largest absolute Gasteiger partial charge is 0.464 e. The molecule has 0 aliphatic rings. The molecule has 1 aromatic heterocycles. The Hall–Kier alpha value is -3.02. The van der Waals surface area contributed by atoms with Crippen LogP contribution >= 0.6 is 0 Å². The average Bonchev–Trinajstić information content (AvgIpc) is 3.06. The van der Waals surface area contributed by atoms with Crippen molar-refractivity contribution in [2.45, 2.75) is 26.3 Å². The Morgan fingerprint density at radius 3 is 2.58 bits per heavy atom. The number of benzene rings is 2. The average molecular weight is 353 g/mol. The highest BCUT2D eigenvalue weighted by Gasteiger charge is 2.20. The zero-order valence-electron chi connectivity index (χ0n) is 14.6. The molecule has 0 unspecified atom stereocenters. The summed E-state index contributed by atoms with van der Waals surface area (Å²) in [7, 11) is 0. The second-order valence-electron chi connectivity index (χ2n) is 5.86. The summed E-state index contributed by atoms with van der Waals surface area (Å²) >= 11 is 0. The van der Waals surface area contributed by atoms with Gasteiger partial charge in [0.1, 0.15) is 18.1 Å². The van der Waals surface area contributed by atoms with Crippen LogP contribution in [-0.2, 0) is 16.1 Å². The van der Waals surface area contributed by atoms with Crippen molar-refractivity contribution in [3.63, 3.8) is 0 Å². The molecule has 0 bridgehead atoms. The minimum absolute atomic E-state index is 0.0740. The highest BCUT2D eigenvalue weighted by atomic mass is 19.1. The lowest BCUT2D eigenvalue weighted by Crippen LogP contribution is -2.16. The molecule has 0 spiro atoms.